The fraction of sp³-hybridized carbons (Fsp3) is 0.538. The Morgan fingerprint density at radius 2 is 1.94 bits per heavy atom. The van der Waals surface area contributed by atoms with E-state index < -0.39 is 12.2 Å². The second kappa shape index (κ2) is 5.14. The lowest BCUT2D eigenvalue weighted by Gasteiger charge is -2.16. The molecule has 0 spiro atoms. The lowest BCUT2D eigenvalue weighted by Crippen LogP contribution is -2.22. The number of rotatable bonds is 3. The maximum Gasteiger partial charge on any atom is 0.0938 e. The summed E-state index contributed by atoms with van der Waals surface area (Å²) in [7, 11) is 0. The molecule has 1 heterocycles. The number of nitrogens with two attached hydrogens (primary N) is 1. The first-order valence-corrected chi connectivity index (χ1v) is 5.97. The molecule has 0 saturated carbocycles. The molecule has 1 aliphatic heterocycles. The molecule has 17 heavy (non-hydrogen) atoms. The largest absolute Gasteiger partial charge is 0.389 e. The van der Waals surface area contributed by atoms with Gasteiger partial charge in [0.1, 0.15) is 0 Å². The summed E-state index contributed by atoms with van der Waals surface area (Å²) in [5.74, 6) is 0. The van der Waals surface area contributed by atoms with Crippen molar-refractivity contribution in [1.82, 2.24) is 4.90 Å². The number of nitrogens with zero attached hydrogens (tertiary/aromatic N) is 1. The van der Waals surface area contributed by atoms with E-state index >= 15 is 0 Å². The van der Waals surface area contributed by atoms with E-state index in [4.69, 9.17) is 5.73 Å². The van der Waals surface area contributed by atoms with E-state index in [0.717, 1.165) is 12.1 Å². The Balaban J connectivity index is 2.04. The quantitative estimate of drug-likeness (QED) is 0.690. The van der Waals surface area contributed by atoms with E-state index in [9.17, 15) is 10.2 Å². The molecule has 2 atom stereocenters. The van der Waals surface area contributed by atoms with Gasteiger partial charge in [-0.2, -0.15) is 0 Å². The molecule has 0 bridgehead atoms. The van der Waals surface area contributed by atoms with Gasteiger partial charge in [0.15, 0.2) is 0 Å². The van der Waals surface area contributed by atoms with E-state index in [1.807, 2.05) is 6.07 Å². The molecule has 2 rings (SSSR count). The number of β-amino-alcohol motifs (C(OH)–C–C–N with tert-alkyl or cyclic N) is 2. The number of hydrogen-bond acceptors (Lipinski definition) is 4. The Hall–Kier alpha value is -0.940. The van der Waals surface area contributed by atoms with Crippen molar-refractivity contribution in [3.8, 4) is 0 Å². The number of aliphatic hydroxyl groups excluding tert-OH is 2. The zero-order valence-corrected chi connectivity index (χ0v) is 10.1. The number of benzene rings is 1. The van der Waals surface area contributed by atoms with E-state index in [1.165, 1.54) is 11.1 Å². The fourth-order valence-corrected chi connectivity index (χ4v) is 2.28. The minimum absolute atomic E-state index is 0.541. The summed E-state index contributed by atoms with van der Waals surface area (Å²) in [6, 6.07) is 6.21. The van der Waals surface area contributed by atoms with E-state index in [2.05, 4.69) is 24.0 Å². The molecule has 2 unspecified atom stereocenters. The Morgan fingerprint density at radius 1 is 1.29 bits per heavy atom. The van der Waals surface area contributed by atoms with Crippen molar-refractivity contribution in [2.75, 3.05) is 13.1 Å². The summed E-state index contributed by atoms with van der Waals surface area (Å²) in [5.41, 5.74) is 9.16. The third-order valence-electron chi connectivity index (χ3n) is 3.37. The number of aliphatic hydroxyl groups is 2. The van der Waals surface area contributed by atoms with Crippen LogP contribution in [0.3, 0.4) is 0 Å². The normalized spacial score (nSPS) is 25.4. The molecule has 0 aromatic heterocycles. The van der Waals surface area contributed by atoms with Gasteiger partial charge in [-0.05, 0) is 23.6 Å². The van der Waals surface area contributed by atoms with Crippen LogP contribution in [-0.4, -0.2) is 40.4 Å². The first-order valence-electron chi connectivity index (χ1n) is 5.97. The third-order valence-corrected chi connectivity index (χ3v) is 3.37. The molecule has 1 saturated heterocycles. The fourth-order valence-electron chi connectivity index (χ4n) is 2.28. The van der Waals surface area contributed by atoms with Crippen LogP contribution in [-0.2, 0) is 13.1 Å². The van der Waals surface area contributed by atoms with Gasteiger partial charge in [-0.25, -0.2) is 0 Å². The highest BCUT2D eigenvalue weighted by atomic mass is 16.3. The van der Waals surface area contributed by atoms with Crippen molar-refractivity contribution in [2.45, 2.75) is 32.2 Å². The summed E-state index contributed by atoms with van der Waals surface area (Å²) in [6.07, 6.45) is -1.22. The van der Waals surface area contributed by atoms with Crippen LogP contribution in [0.5, 0.6) is 0 Å². The van der Waals surface area contributed by atoms with Crippen molar-refractivity contribution < 1.29 is 10.2 Å². The topological polar surface area (TPSA) is 69.7 Å². The van der Waals surface area contributed by atoms with Crippen molar-refractivity contribution in [3.63, 3.8) is 0 Å². The van der Waals surface area contributed by atoms with Crippen LogP contribution >= 0.6 is 0 Å². The van der Waals surface area contributed by atoms with Crippen molar-refractivity contribution >= 4 is 0 Å². The van der Waals surface area contributed by atoms with Gasteiger partial charge < -0.3 is 15.9 Å². The number of aryl methyl sites for hydroxylation is 1. The standard InChI is InChI=1S/C13H20N2O2/c1-9-4-10(5-14)2-3-11(9)6-15-7-12(16)13(17)8-15/h2-4,12-13,16-17H,5-8,14H2,1H3. The van der Waals surface area contributed by atoms with Crippen molar-refractivity contribution in [2.24, 2.45) is 5.73 Å². The minimum Gasteiger partial charge on any atom is -0.389 e. The number of likely N-dealkylation sites (tertiary alicyclic amines) is 1. The summed E-state index contributed by atoms with van der Waals surface area (Å²) in [6.45, 7) is 4.48. The zero-order chi connectivity index (χ0) is 12.4. The molecule has 0 aliphatic carbocycles. The molecule has 0 radical (unpaired) electrons. The average molecular weight is 236 g/mol. The van der Waals surface area contributed by atoms with Crippen LogP contribution < -0.4 is 5.73 Å². The predicted molar refractivity (Wildman–Crippen MR) is 66.4 cm³/mol. The number of hydrogen-bond donors (Lipinski definition) is 3. The monoisotopic (exact) mass is 236 g/mol. The first kappa shape index (κ1) is 12.5. The highest BCUT2D eigenvalue weighted by Gasteiger charge is 2.29. The molecular formula is C13H20N2O2. The summed E-state index contributed by atoms with van der Waals surface area (Å²) in [5, 5.41) is 19.0. The lowest BCUT2D eigenvalue weighted by molar-refractivity contribution is 0.0572. The van der Waals surface area contributed by atoms with Gasteiger partial charge in [-0.1, -0.05) is 18.2 Å². The average Bonchev–Trinajstić information content (AvgIpc) is 2.61. The van der Waals surface area contributed by atoms with E-state index in [1.54, 1.807) is 0 Å². The predicted octanol–water partition coefficient (Wildman–Crippen LogP) is -0.00888. The molecule has 4 heteroatoms. The van der Waals surface area contributed by atoms with Crippen molar-refractivity contribution in [1.29, 1.82) is 0 Å². The SMILES string of the molecule is Cc1cc(CN)ccc1CN1CC(O)C(O)C1. The van der Waals surface area contributed by atoms with Crippen LogP contribution in [0.4, 0.5) is 0 Å². The van der Waals surface area contributed by atoms with Gasteiger partial charge in [0.05, 0.1) is 12.2 Å². The van der Waals surface area contributed by atoms with Crippen LogP contribution in [0, 0.1) is 6.92 Å². The molecule has 4 nitrogen and oxygen atoms in total. The highest BCUT2D eigenvalue weighted by molar-refractivity contribution is 5.31. The Bertz CT molecular complexity index is 385. The maximum atomic E-state index is 9.49. The first-order chi connectivity index (χ1) is 8.10. The van der Waals surface area contributed by atoms with Gasteiger partial charge in [-0.15, -0.1) is 0 Å². The Kier molecular flexibility index (Phi) is 3.79. The van der Waals surface area contributed by atoms with Gasteiger partial charge in [-0.3, -0.25) is 4.90 Å². The lowest BCUT2D eigenvalue weighted by atomic mass is 10.0. The second-order valence-electron chi connectivity index (χ2n) is 4.79. The Morgan fingerprint density at radius 3 is 2.47 bits per heavy atom. The van der Waals surface area contributed by atoms with Gasteiger partial charge in [0.2, 0.25) is 0 Å². The summed E-state index contributed by atoms with van der Waals surface area (Å²) in [4.78, 5) is 2.07. The minimum atomic E-state index is -0.612. The molecule has 1 aromatic carbocycles. The highest BCUT2D eigenvalue weighted by Crippen LogP contribution is 2.17. The van der Waals surface area contributed by atoms with Gasteiger partial charge in [0, 0.05) is 26.2 Å². The van der Waals surface area contributed by atoms with Crippen LogP contribution in [0.1, 0.15) is 16.7 Å². The molecule has 4 N–H and O–H groups in total. The maximum absolute atomic E-state index is 9.49. The molecule has 0 amide bonds. The molecule has 1 fully saturated rings. The summed E-state index contributed by atoms with van der Waals surface area (Å²) >= 11 is 0. The molecule has 1 aliphatic rings. The third kappa shape index (κ3) is 2.84. The van der Waals surface area contributed by atoms with Gasteiger partial charge in [0.25, 0.3) is 0 Å². The van der Waals surface area contributed by atoms with E-state index in [-0.39, 0.29) is 0 Å². The van der Waals surface area contributed by atoms with Crippen molar-refractivity contribution in [3.05, 3.63) is 34.9 Å². The second-order valence-corrected chi connectivity index (χ2v) is 4.79. The zero-order valence-electron chi connectivity index (χ0n) is 10.1. The van der Waals surface area contributed by atoms with Crippen LogP contribution in [0.25, 0.3) is 0 Å². The molecule has 1 aromatic rings. The molecule has 94 valence electrons. The van der Waals surface area contributed by atoms with E-state index in [0.29, 0.717) is 19.6 Å². The van der Waals surface area contributed by atoms with Crippen LogP contribution in [0.2, 0.25) is 0 Å². The van der Waals surface area contributed by atoms with Crippen LogP contribution in [0.15, 0.2) is 18.2 Å². The molecular weight excluding hydrogens is 216 g/mol. The summed E-state index contributed by atoms with van der Waals surface area (Å²) < 4.78 is 0. The smallest absolute Gasteiger partial charge is 0.0938 e. The Labute approximate surface area is 102 Å². The van der Waals surface area contributed by atoms with Gasteiger partial charge >= 0.3 is 0 Å².